The Balaban J connectivity index is 2.93. The number of carbonyl (C=O) groups excluding carboxylic acids is 2. The maximum atomic E-state index is 11.8. The smallest absolute Gasteiger partial charge is 0.358 e. The Morgan fingerprint density at radius 1 is 1.38 bits per heavy atom. The van der Waals surface area contributed by atoms with E-state index in [-0.39, 0.29) is 23.5 Å². The number of carbonyl (C=O) groups is 2. The van der Waals surface area contributed by atoms with Crippen molar-refractivity contribution in [3.8, 4) is 0 Å². The number of esters is 1. The molecule has 0 aliphatic rings. The van der Waals surface area contributed by atoms with Gasteiger partial charge in [0.1, 0.15) is 4.88 Å². The Kier molecular flexibility index (Phi) is 5.89. The number of hydrogen-bond donors (Lipinski definition) is 1. The van der Waals surface area contributed by atoms with Crippen LogP contribution in [-0.4, -0.2) is 29.9 Å². The number of ether oxygens (including phenoxy) is 1. The van der Waals surface area contributed by atoms with E-state index in [1.54, 1.807) is 6.92 Å². The highest BCUT2D eigenvalue weighted by atomic mass is 32.1. The average Bonchev–Trinajstić information content (AvgIpc) is 2.81. The number of aromatic nitrogens is 1. The molecule has 1 rings (SSSR count). The minimum atomic E-state index is -0.546. The summed E-state index contributed by atoms with van der Waals surface area (Å²) in [6.45, 7) is 12.8. The molecule has 0 aliphatic heterocycles. The van der Waals surface area contributed by atoms with E-state index in [0.29, 0.717) is 15.9 Å². The summed E-state index contributed by atoms with van der Waals surface area (Å²) in [5.74, 6) is -0.219. The number of rotatable bonds is 7. The molecule has 1 heterocycles. The van der Waals surface area contributed by atoms with Gasteiger partial charge in [-0.1, -0.05) is 39.0 Å². The van der Waals surface area contributed by atoms with Crippen LogP contribution in [0.4, 0.5) is 5.13 Å². The Labute approximate surface area is 130 Å². The van der Waals surface area contributed by atoms with E-state index in [2.05, 4.69) is 38.0 Å². The van der Waals surface area contributed by atoms with Crippen molar-refractivity contribution in [3.63, 3.8) is 0 Å². The molecule has 0 aliphatic carbocycles. The molecule has 0 saturated carbocycles. The first-order chi connectivity index (χ1) is 9.69. The van der Waals surface area contributed by atoms with Crippen LogP contribution in [0.15, 0.2) is 0 Å². The molecule has 21 heavy (non-hydrogen) atoms. The van der Waals surface area contributed by atoms with Crippen LogP contribution in [0.3, 0.4) is 0 Å². The van der Waals surface area contributed by atoms with Crippen molar-refractivity contribution in [1.82, 2.24) is 4.98 Å². The molecule has 0 bridgehead atoms. The fourth-order valence-corrected chi connectivity index (χ4v) is 2.32. The highest BCUT2D eigenvalue weighted by molar-refractivity contribution is 7.17. The van der Waals surface area contributed by atoms with Crippen LogP contribution in [0, 0.1) is 11.3 Å². The van der Waals surface area contributed by atoms with E-state index < -0.39 is 5.97 Å². The van der Waals surface area contributed by atoms with Gasteiger partial charge in [0.2, 0.25) is 0 Å². The van der Waals surface area contributed by atoms with Crippen molar-refractivity contribution in [2.75, 3.05) is 18.5 Å². The largest absolute Gasteiger partial charge is 0.461 e. The van der Waals surface area contributed by atoms with Gasteiger partial charge < -0.3 is 10.1 Å². The van der Waals surface area contributed by atoms with Gasteiger partial charge in [0.15, 0.2) is 16.6 Å². The summed E-state index contributed by atoms with van der Waals surface area (Å²) < 4.78 is 4.94. The van der Waals surface area contributed by atoms with Crippen molar-refractivity contribution in [2.45, 2.75) is 41.5 Å². The average molecular weight is 312 g/mol. The van der Waals surface area contributed by atoms with Gasteiger partial charge >= 0.3 is 5.97 Å². The third-order valence-electron chi connectivity index (χ3n) is 3.67. The van der Waals surface area contributed by atoms with E-state index in [1.807, 2.05) is 0 Å². The fourth-order valence-electron chi connectivity index (χ4n) is 1.48. The molecule has 6 heteroatoms. The highest BCUT2D eigenvalue weighted by Crippen LogP contribution is 2.29. The molecule has 0 saturated heterocycles. The first-order valence-corrected chi connectivity index (χ1v) is 7.93. The predicted molar refractivity (Wildman–Crippen MR) is 85.2 cm³/mol. The number of nitrogens with zero attached hydrogens (tertiary/aromatic N) is 1. The van der Waals surface area contributed by atoms with Crippen LogP contribution in [0.25, 0.3) is 0 Å². The van der Waals surface area contributed by atoms with Crippen LogP contribution in [0.1, 0.15) is 61.7 Å². The number of Topliss-reactive ketones (excluding diaryl/α,β-unsaturated/α-hetero) is 1. The molecule has 0 radical (unpaired) electrons. The lowest BCUT2D eigenvalue weighted by Gasteiger charge is -2.29. The van der Waals surface area contributed by atoms with Crippen molar-refractivity contribution >= 4 is 28.2 Å². The number of thiazole rings is 1. The van der Waals surface area contributed by atoms with Gasteiger partial charge in [0.05, 0.1) is 6.61 Å². The molecule has 0 atom stereocenters. The molecule has 1 aromatic heterocycles. The summed E-state index contributed by atoms with van der Waals surface area (Å²) in [7, 11) is 0. The minimum Gasteiger partial charge on any atom is -0.461 e. The quantitative estimate of drug-likeness (QED) is 0.615. The van der Waals surface area contributed by atoms with Crippen LogP contribution in [-0.2, 0) is 4.74 Å². The Morgan fingerprint density at radius 2 is 2.00 bits per heavy atom. The van der Waals surface area contributed by atoms with E-state index in [0.717, 1.165) is 6.54 Å². The van der Waals surface area contributed by atoms with Crippen LogP contribution in [0.5, 0.6) is 0 Å². The summed E-state index contributed by atoms with van der Waals surface area (Å²) in [6, 6.07) is 0. The SMILES string of the molecule is CCOC(=O)c1nc(NCC(C)(C)C(C)C)sc1C(C)=O. The lowest BCUT2D eigenvalue weighted by Crippen LogP contribution is -2.28. The number of hydrogen-bond acceptors (Lipinski definition) is 6. The molecule has 0 spiro atoms. The molecule has 0 fully saturated rings. The van der Waals surface area contributed by atoms with Gasteiger partial charge in [0, 0.05) is 13.5 Å². The van der Waals surface area contributed by atoms with Crippen molar-refractivity contribution in [1.29, 1.82) is 0 Å². The standard InChI is InChI=1S/C15H24N2O3S/c1-7-20-13(19)11-12(10(4)18)21-14(17-11)16-8-15(5,6)9(2)3/h9H,7-8H2,1-6H3,(H,16,17). The Hall–Kier alpha value is -1.43. The van der Waals surface area contributed by atoms with E-state index in [1.165, 1.54) is 18.3 Å². The van der Waals surface area contributed by atoms with Gasteiger partial charge in [-0.2, -0.15) is 0 Å². The topological polar surface area (TPSA) is 68.3 Å². The van der Waals surface area contributed by atoms with Crippen molar-refractivity contribution in [2.24, 2.45) is 11.3 Å². The van der Waals surface area contributed by atoms with Crippen LogP contribution < -0.4 is 5.32 Å². The third kappa shape index (κ3) is 4.52. The first-order valence-electron chi connectivity index (χ1n) is 7.11. The maximum Gasteiger partial charge on any atom is 0.358 e. The van der Waals surface area contributed by atoms with Crippen LogP contribution in [0.2, 0.25) is 0 Å². The zero-order valence-corrected chi connectivity index (χ0v) is 14.4. The number of nitrogens with one attached hydrogen (secondary N) is 1. The van der Waals surface area contributed by atoms with Gasteiger partial charge in [-0.25, -0.2) is 9.78 Å². The van der Waals surface area contributed by atoms with Gasteiger partial charge in [-0.05, 0) is 18.3 Å². The minimum absolute atomic E-state index is 0.0894. The van der Waals surface area contributed by atoms with Gasteiger partial charge in [0.25, 0.3) is 0 Å². The molecule has 1 aromatic rings. The molecule has 5 nitrogen and oxygen atoms in total. The van der Waals surface area contributed by atoms with Crippen LogP contribution >= 0.6 is 11.3 Å². The molecular weight excluding hydrogens is 288 g/mol. The van der Waals surface area contributed by atoms with E-state index >= 15 is 0 Å². The number of anilines is 1. The third-order valence-corrected chi connectivity index (χ3v) is 4.79. The monoisotopic (exact) mass is 312 g/mol. The molecule has 1 N–H and O–H groups in total. The second-order valence-electron chi connectivity index (χ2n) is 5.97. The summed E-state index contributed by atoms with van der Waals surface area (Å²) in [6.07, 6.45) is 0. The molecule has 0 aromatic carbocycles. The van der Waals surface area contributed by atoms with Crippen molar-refractivity contribution in [3.05, 3.63) is 10.6 Å². The predicted octanol–water partition coefficient (Wildman–Crippen LogP) is 3.62. The van der Waals surface area contributed by atoms with Gasteiger partial charge in [-0.15, -0.1) is 0 Å². The lowest BCUT2D eigenvalue weighted by molar-refractivity contribution is 0.0517. The normalized spacial score (nSPS) is 11.6. The Bertz CT molecular complexity index is 521. The zero-order chi connectivity index (χ0) is 16.2. The summed E-state index contributed by atoms with van der Waals surface area (Å²) >= 11 is 1.20. The fraction of sp³-hybridized carbons (Fsp3) is 0.667. The summed E-state index contributed by atoms with van der Waals surface area (Å²) in [5.41, 5.74) is 0.200. The second kappa shape index (κ2) is 7.02. The van der Waals surface area contributed by atoms with E-state index in [4.69, 9.17) is 4.74 Å². The lowest BCUT2D eigenvalue weighted by atomic mass is 9.81. The van der Waals surface area contributed by atoms with E-state index in [9.17, 15) is 9.59 Å². The maximum absolute atomic E-state index is 11.8. The molecule has 0 unspecified atom stereocenters. The second-order valence-corrected chi connectivity index (χ2v) is 6.97. The summed E-state index contributed by atoms with van der Waals surface area (Å²) in [4.78, 5) is 28.0. The number of ketones is 1. The van der Waals surface area contributed by atoms with Gasteiger partial charge in [-0.3, -0.25) is 4.79 Å². The highest BCUT2D eigenvalue weighted by Gasteiger charge is 2.25. The molecule has 118 valence electrons. The zero-order valence-electron chi connectivity index (χ0n) is 13.6. The first kappa shape index (κ1) is 17.6. The summed E-state index contributed by atoms with van der Waals surface area (Å²) in [5, 5.41) is 3.81. The Morgan fingerprint density at radius 3 is 2.48 bits per heavy atom. The molecule has 0 amide bonds. The van der Waals surface area contributed by atoms with Crippen molar-refractivity contribution < 1.29 is 14.3 Å². The molecular formula is C15H24N2O3S.